The number of nitrogens with one attached hydrogen (secondary N) is 1. The van der Waals surface area contributed by atoms with Gasteiger partial charge in [-0.1, -0.05) is 94.7 Å². The van der Waals surface area contributed by atoms with E-state index >= 15 is 0 Å². The van der Waals surface area contributed by atoms with Crippen LogP contribution in [0.15, 0.2) is 60.2 Å². The lowest BCUT2D eigenvalue weighted by Gasteiger charge is -2.41. The van der Waals surface area contributed by atoms with E-state index in [-0.39, 0.29) is 25.0 Å². The maximum absolute atomic E-state index is 13.9. The average molecular weight is 607 g/mol. The number of amides is 2. The number of rotatable bonds is 18. The van der Waals surface area contributed by atoms with Gasteiger partial charge in [-0.3, -0.25) is 9.59 Å². The van der Waals surface area contributed by atoms with Crippen LogP contribution in [0.25, 0.3) is 0 Å². The van der Waals surface area contributed by atoms with Crippen molar-refractivity contribution in [2.45, 2.75) is 102 Å². The quantitative estimate of drug-likeness (QED) is 0.199. The highest BCUT2D eigenvalue weighted by Gasteiger charge is 2.50. The van der Waals surface area contributed by atoms with Crippen molar-refractivity contribution in [3.63, 3.8) is 0 Å². The number of methoxy groups -OCH3 is 1. The number of nitrogens with zero attached hydrogens (tertiary/aromatic N) is 1. The zero-order chi connectivity index (χ0) is 31.3. The van der Waals surface area contributed by atoms with Crippen molar-refractivity contribution >= 4 is 11.8 Å². The molecule has 0 radical (unpaired) electrons. The van der Waals surface area contributed by atoms with Gasteiger partial charge < -0.3 is 29.9 Å². The summed E-state index contributed by atoms with van der Waals surface area (Å²) in [5.74, 6) is 0.524. The molecule has 1 aliphatic carbocycles. The molecule has 4 rings (SSSR count). The Labute approximate surface area is 262 Å². The standard InChI is InChI=1S/C36H50N2O6/c1-3-4-5-6-7-8-9-10-11-20-32(40)38(23-21-26-16-12-14-18-30(26)43-2)29-25-28(36(42)37-22-24-39)33-27-17-13-15-19-31(27)44-35(33)34(29)41/h12-19,25,29,33-35,39,41H,3-11,20-24H2,1-2H3,(H,37,42). The van der Waals surface area contributed by atoms with Gasteiger partial charge in [0.1, 0.15) is 23.7 Å². The maximum Gasteiger partial charge on any atom is 0.247 e. The van der Waals surface area contributed by atoms with Gasteiger partial charge in [0.15, 0.2) is 0 Å². The number of para-hydroxylation sites is 2. The Morgan fingerprint density at radius 2 is 1.64 bits per heavy atom. The van der Waals surface area contributed by atoms with Crippen LogP contribution in [0.5, 0.6) is 11.5 Å². The summed E-state index contributed by atoms with van der Waals surface area (Å²) in [7, 11) is 1.63. The van der Waals surface area contributed by atoms with E-state index in [1.165, 1.54) is 38.5 Å². The molecule has 0 spiro atoms. The molecule has 4 unspecified atom stereocenters. The molecule has 2 aromatic rings. The second-order valence-corrected chi connectivity index (χ2v) is 11.9. The first-order chi connectivity index (χ1) is 21.5. The van der Waals surface area contributed by atoms with Crippen LogP contribution in [0.1, 0.15) is 88.2 Å². The topological polar surface area (TPSA) is 108 Å². The van der Waals surface area contributed by atoms with Gasteiger partial charge >= 0.3 is 0 Å². The van der Waals surface area contributed by atoms with Crippen LogP contribution in [0, 0.1) is 0 Å². The number of benzene rings is 2. The molecule has 2 aromatic carbocycles. The summed E-state index contributed by atoms with van der Waals surface area (Å²) in [5.41, 5.74) is 2.25. The fourth-order valence-electron chi connectivity index (χ4n) is 6.51. The molecule has 44 heavy (non-hydrogen) atoms. The van der Waals surface area contributed by atoms with E-state index in [0.29, 0.717) is 30.7 Å². The van der Waals surface area contributed by atoms with Crippen molar-refractivity contribution in [1.82, 2.24) is 10.2 Å². The molecule has 8 nitrogen and oxygen atoms in total. The highest BCUT2D eigenvalue weighted by atomic mass is 16.5. The van der Waals surface area contributed by atoms with Gasteiger partial charge in [0, 0.05) is 30.6 Å². The Balaban J connectivity index is 1.54. The summed E-state index contributed by atoms with van der Waals surface area (Å²) in [6, 6.07) is 14.5. The fraction of sp³-hybridized carbons (Fsp3) is 0.556. The molecule has 4 atom stereocenters. The SMILES string of the molecule is CCCCCCCCCCCC(=O)N(CCc1ccccc1OC)C1C=C(C(=O)NCCO)C2c3ccccc3OC2C1O. The highest BCUT2D eigenvalue weighted by molar-refractivity contribution is 5.96. The predicted molar refractivity (Wildman–Crippen MR) is 172 cm³/mol. The van der Waals surface area contributed by atoms with Crippen molar-refractivity contribution in [3.05, 3.63) is 71.3 Å². The Morgan fingerprint density at radius 1 is 0.955 bits per heavy atom. The zero-order valence-electron chi connectivity index (χ0n) is 26.4. The van der Waals surface area contributed by atoms with E-state index in [1.807, 2.05) is 48.5 Å². The minimum Gasteiger partial charge on any atom is -0.496 e. The molecule has 0 aromatic heterocycles. The van der Waals surface area contributed by atoms with Gasteiger partial charge in [0.05, 0.1) is 25.7 Å². The van der Waals surface area contributed by atoms with E-state index in [4.69, 9.17) is 9.47 Å². The van der Waals surface area contributed by atoms with Gasteiger partial charge in [0.25, 0.3) is 0 Å². The molecule has 0 saturated heterocycles. The van der Waals surface area contributed by atoms with Gasteiger partial charge in [-0.05, 0) is 36.6 Å². The van der Waals surface area contributed by atoms with Crippen LogP contribution in [0.4, 0.5) is 0 Å². The molecule has 3 N–H and O–H groups in total. The Morgan fingerprint density at radius 3 is 2.36 bits per heavy atom. The van der Waals surface area contributed by atoms with E-state index in [1.54, 1.807) is 18.1 Å². The summed E-state index contributed by atoms with van der Waals surface area (Å²) >= 11 is 0. The number of aliphatic hydroxyl groups is 2. The van der Waals surface area contributed by atoms with Crippen LogP contribution in [-0.4, -0.2) is 72.0 Å². The number of aliphatic hydroxyl groups excluding tert-OH is 2. The fourth-order valence-corrected chi connectivity index (χ4v) is 6.51. The largest absolute Gasteiger partial charge is 0.496 e. The first kappa shape index (κ1) is 33.5. The summed E-state index contributed by atoms with van der Waals surface area (Å²) in [6.07, 6.45) is 11.3. The number of fused-ring (bicyclic) bond motifs is 3. The lowest BCUT2D eigenvalue weighted by molar-refractivity contribution is -0.137. The summed E-state index contributed by atoms with van der Waals surface area (Å²) in [5, 5.41) is 23.9. The summed E-state index contributed by atoms with van der Waals surface area (Å²) < 4.78 is 11.8. The first-order valence-electron chi connectivity index (χ1n) is 16.5. The number of carbonyl (C=O) groups is 2. The Hall–Kier alpha value is -3.36. The normalized spacial score (nSPS) is 20.2. The third kappa shape index (κ3) is 8.42. The van der Waals surface area contributed by atoms with Crippen LogP contribution >= 0.6 is 0 Å². The molecular weight excluding hydrogens is 556 g/mol. The Kier molecular flexibility index (Phi) is 13.1. The van der Waals surface area contributed by atoms with Crippen molar-refractivity contribution in [1.29, 1.82) is 0 Å². The molecule has 0 fully saturated rings. The van der Waals surface area contributed by atoms with E-state index in [9.17, 15) is 19.8 Å². The number of ether oxygens (including phenoxy) is 2. The van der Waals surface area contributed by atoms with Crippen LogP contribution < -0.4 is 14.8 Å². The van der Waals surface area contributed by atoms with Crippen LogP contribution in [0.2, 0.25) is 0 Å². The smallest absolute Gasteiger partial charge is 0.247 e. The minimum atomic E-state index is -1.04. The number of hydrogen-bond donors (Lipinski definition) is 3. The van der Waals surface area contributed by atoms with Crippen LogP contribution in [0.3, 0.4) is 0 Å². The van der Waals surface area contributed by atoms with Gasteiger partial charge in [0.2, 0.25) is 11.8 Å². The highest BCUT2D eigenvalue weighted by Crippen LogP contribution is 2.47. The Bertz CT molecular complexity index is 1250. The third-order valence-corrected chi connectivity index (χ3v) is 8.87. The lowest BCUT2D eigenvalue weighted by Crippen LogP contribution is -2.56. The minimum absolute atomic E-state index is 0.0489. The molecule has 1 heterocycles. The second kappa shape index (κ2) is 17.2. The monoisotopic (exact) mass is 606 g/mol. The second-order valence-electron chi connectivity index (χ2n) is 11.9. The molecule has 2 aliphatic rings. The predicted octanol–water partition coefficient (Wildman–Crippen LogP) is 5.31. The first-order valence-corrected chi connectivity index (χ1v) is 16.5. The average Bonchev–Trinajstić information content (AvgIpc) is 3.44. The van der Waals surface area contributed by atoms with Crippen LogP contribution in [-0.2, 0) is 16.0 Å². The van der Waals surface area contributed by atoms with E-state index in [0.717, 1.165) is 36.1 Å². The zero-order valence-corrected chi connectivity index (χ0v) is 26.4. The van der Waals surface area contributed by atoms with Crippen molar-refractivity contribution in [3.8, 4) is 11.5 Å². The number of unbranched alkanes of at least 4 members (excludes halogenated alkanes) is 8. The van der Waals surface area contributed by atoms with Gasteiger partial charge in [-0.2, -0.15) is 0 Å². The van der Waals surface area contributed by atoms with Gasteiger partial charge in [-0.25, -0.2) is 0 Å². The molecule has 1 aliphatic heterocycles. The molecule has 0 bridgehead atoms. The van der Waals surface area contributed by atoms with Crippen molar-refractivity contribution < 1.29 is 29.3 Å². The maximum atomic E-state index is 13.9. The summed E-state index contributed by atoms with van der Waals surface area (Å²) in [4.78, 5) is 29.1. The van der Waals surface area contributed by atoms with Gasteiger partial charge in [-0.15, -0.1) is 0 Å². The summed E-state index contributed by atoms with van der Waals surface area (Å²) in [6.45, 7) is 2.50. The van der Waals surface area contributed by atoms with Crippen molar-refractivity contribution in [2.24, 2.45) is 0 Å². The molecule has 2 amide bonds. The number of carbonyl (C=O) groups excluding carboxylic acids is 2. The van der Waals surface area contributed by atoms with E-state index in [2.05, 4.69) is 12.2 Å². The number of hydrogen-bond acceptors (Lipinski definition) is 6. The van der Waals surface area contributed by atoms with Crippen molar-refractivity contribution in [2.75, 3.05) is 26.8 Å². The molecule has 240 valence electrons. The van der Waals surface area contributed by atoms with E-state index < -0.39 is 24.2 Å². The molecule has 0 saturated carbocycles. The lowest BCUT2D eigenvalue weighted by atomic mass is 9.77. The molecular formula is C36H50N2O6. The third-order valence-electron chi connectivity index (χ3n) is 8.87. The molecule has 8 heteroatoms.